The maximum absolute atomic E-state index is 12.6. The highest BCUT2D eigenvalue weighted by Crippen LogP contribution is 2.29. The number of benzene rings is 2. The van der Waals surface area contributed by atoms with Crippen molar-refractivity contribution in [3.8, 4) is 0 Å². The highest BCUT2D eigenvalue weighted by Gasteiger charge is 2.42. The average Bonchev–Trinajstić information content (AvgIpc) is 3.41. The van der Waals surface area contributed by atoms with Gasteiger partial charge in [-0.25, -0.2) is 9.48 Å². The van der Waals surface area contributed by atoms with Crippen molar-refractivity contribution < 1.29 is 29.2 Å². The third-order valence-electron chi connectivity index (χ3n) is 5.04. The highest BCUT2D eigenvalue weighted by molar-refractivity contribution is 5.89. The third kappa shape index (κ3) is 5.76. The molecule has 172 valence electrons. The molecule has 0 aliphatic carbocycles. The zero-order chi connectivity index (χ0) is 23.0. The molecule has 0 bridgehead atoms. The molecule has 4 rings (SSSR count). The standard InChI is InChI=1S/C24H25N3O6/c28-12-11-19-13-27(26-25-19)14-20(29)21-22(31-15-17-7-3-1-4-8-17)23(24(30)33-21)32-16-18-9-5-2-6-10-18/h1-10,13,20-21,28-29H,11-12,14-16H2/t20-,21+/m0/s1. The Hall–Kier alpha value is -3.69. The fourth-order valence-corrected chi connectivity index (χ4v) is 3.39. The summed E-state index contributed by atoms with van der Waals surface area (Å²) in [5.74, 6) is -0.612. The number of nitrogens with zero attached hydrogens (tertiary/aromatic N) is 3. The number of ether oxygens (including phenoxy) is 3. The fourth-order valence-electron chi connectivity index (χ4n) is 3.39. The van der Waals surface area contributed by atoms with E-state index >= 15 is 0 Å². The van der Waals surface area contributed by atoms with Crippen molar-refractivity contribution >= 4 is 5.97 Å². The predicted octanol–water partition coefficient (Wildman–Crippen LogP) is 1.74. The van der Waals surface area contributed by atoms with Crippen LogP contribution in [0.15, 0.2) is 78.4 Å². The van der Waals surface area contributed by atoms with Gasteiger partial charge in [0.1, 0.15) is 19.3 Å². The molecule has 1 aliphatic rings. The number of cyclic esters (lactones) is 1. The van der Waals surface area contributed by atoms with Crippen LogP contribution < -0.4 is 0 Å². The number of aliphatic hydroxyl groups excluding tert-OH is 2. The Morgan fingerprint density at radius 1 is 1.00 bits per heavy atom. The highest BCUT2D eigenvalue weighted by atomic mass is 16.6. The smallest absolute Gasteiger partial charge is 0.378 e. The molecule has 0 saturated heterocycles. The zero-order valence-electron chi connectivity index (χ0n) is 17.9. The van der Waals surface area contributed by atoms with Crippen LogP contribution in [0.1, 0.15) is 16.8 Å². The first kappa shape index (κ1) is 22.5. The summed E-state index contributed by atoms with van der Waals surface area (Å²) in [4.78, 5) is 12.6. The van der Waals surface area contributed by atoms with Crippen LogP contribution in [0.5, 0.6) is 0 Å². The molecule has 0 fully saturated rings. The quantitative estimate of drug-likeness (QED) is 0.424. The van der Waals surface area contributed by atoms with Gasteiger partial charge in [-0.1, -0.05) is 65.9 Å². The summed E-state index contributed by atoms with van der Waals surface area (Å²) >= 11 is 0. The SMILES string of the molecule is O=C1O[C@H]([C@@H](O)Cn2cc(CCO)nn2)C(OCc2ccccc2)=C1OCc1ccccc1. The van der Waals surface area contributed by atoms with Crippen molar-refractivity contribution in [1.29, 1.82) is 0 Å². The van der Waals surface area contributed by atoms with Crippen molar-refractivity contribution in [2.75, 3.05) is 6.61 Å². The molecular weight excluding hydrogens is 426 g/mol. The van der Waals surface area contributed by atoms with E-state index in [-0.39, 0.29) is 37.9 Å². The van der Waals surface area contributed by atoms with E-state index in [2.05, 4.69) is 10.3 Å². The molecule has 0 spiro atoms. The molecule has 0 radical (unpaired) electrons. The second kappa shape index (κ2) is 10.8. The summed E-state index contributed by atoms with van der Waals surface area (Å²) in [6, 6.07) is 18.9. The maximum atomic E-state index is 12.6. The number of esters is 1. The molecular formula is C24H25N3O6. The van der Waals surface area contributed by atoms with E-state index in [1.54, 1.807) is 6.20 Å². The third-order valence-corrected chi connectivity index (χ3v) is 5.04. The Kier molecular flexibility index (Phi) is 7.33. The number of hydrogen-bond acceptors (Lipinski definition) is 8. The molecule has 2 N–H and O–H groups in total. The van der Waals surface area contributed by atoms with Gasteiger partial charge in [-0.05, 0) is 11.1 Å². The number of carbonyl (C=O) groups is 1. The molecule has 1 aliphatic heterocycles. The van der Waals surface area contributed by atoms with Crippen LogP contribution in [-0.4, -0.2) is 50.0 Å². The van der Waals surface area contributed by atoms with Gasteiger partial charge in [0, 0.05) is 19.2 Å². The van der Waals surface area contributed by atoms with Gasteiger partial charge in [0.15, 0.2) is 11.9 Å². The van der Waals surface area contributed by atoms with E-state index < -0.39 is 18.2 Å². The number of aromatic nitrogens is 3. The second-order valence-corrected chi connectivity index (χ2v) is 7.54. The molecule has 2 atom stereocenters. The first-order chi connectivity index (χ1) is 16.1. The number of carbonyl (C=O) groups excluding carboxylic acids is 1. The van der Waals surface area contributed by atoms with Crippen LogP contribution in [0, 0.1) is 0 Å². The van der Waals surface area contributed by atoms with Gasteiger partial charge < -0.3 is 24.4 Å². The Morgan fingerprint density at radius 3 is 2.27 bits per heavy atom. The molecule has 9 nitrogen and oxygen atoms in total. The first-order valence-electron chi connectivity index (χ1n) is 10.6. The summed E-state index contributed by atoms with van der Waals surface area (Å²) in [6.45, 7) is 0.294. The van der Waals surface area contributed by atoms with E-state index in [1.165, 1.54) is 4.68 Å². The molecule has 33 heavy (non-hydrogen) atoms. The lowest BCUT2D eigenvalue weighted by atomic mass is 10.1. The summed E-state index contributed by atoms with van der Waals surface area (Å²) in [5, 5.41) is 27.8. The van der Waals surface area contributed by atoms with Crippen LogP contribution in [0.25, 0.3) is 0 Å². The van der Waals surface area contributed by atoms with Gasteiger partial charge in [0.05, 0.1) is 12.2 Å². The minimum absolute atomic E-state index is 0.0144. The molecule has 0 saturated carbocycles. The van der Waals surface area contributed by atoms with E-state index in [0.29, 0.717) is 12.1 Å². The number of aliphatic hydroxyl groups is 2. The molecule has 1 aromatic heterocycles. The molecule has 2 aromatic carbocycles. The van der Waals surface area contributed by atoms with Gasteiger partial charge in [-0.2, -0.15) is 0 Å². The zero-order valence-corrected chi connectivity index (χ0v) is 17.9. The molecule has 9 heteroatoms. The fraction of sp³-hybridized carbons (Fsp3) is 0.292. The van der Waals surface area contributed by atoms with E-state index in [1.807, 2.05) is 60.7 Å². The van der Waals surface area contributed by atoms with E-state index in [4.69, 9.17) is 19.3 Å². The van der Waals surface area contributed by atoms with Gasteiger partial charge in [-0.3, -0.25) is 0 Å². The Balaban J connectivity index is 1.52. The van der Waals surface area contributed by atoms with Gasteiger partial charge in [0.25, 0.3) is 0 Å². The molecule has 2 heterocycles. The normalized spacial score (nSPS) is 16.5. The van der Waals surface area contributed by atoms with Crippen molar-refractivity contribution in [3.05, 3.63) is 95.2 Å². The van der Waals surface area contributed by atoms with Crippen LogP contribution in [0.3, 0.4) is 0 Å². The molecule has 0 amide bonds. The lowest BCUT2D eigenvalue weighted by Gasteiger charge is -2.20. The van der Waals surface area contributed by atoms with E-state index in [0.717, 1.165) is 11.1 Å². The minimum Gasteiger partial charge on any atom is -0.485 e. The largest absolute Gasteiger partial charge is 0.485 e. The Morgan fingerprint density at radius 2 is 1.64 bits per heavy atom. The second-order valence-electron chi connectivity index (χ2n) is 7.54. The number of hydrogen-bond donors (Lipinski definition) is 2. The Bertz CT molecular complexity index is 1080. The molecule has 0 unspecified atom stereocenters. The van der Waals surface area contributed by atoms with Crippen LogP contribution in [0.4, 0.5) is 0 Å². The average molecular weight is 451 g/mol. The summed E-state index contributed by atoms with van der Waals surface area (Å²) in [6.07, 6.45) is -0.229. The summed E-state index contributed by atoms with van der Waals surface area (Å²) < 4.78 is 18.6. The lowest BCUT2D eigenvalue weighted by molar-refractivity contribution is -0.148. The molecule has 3 aromatic rings. The first-order valence-corrected chi connectivity index (χ1v) is 10.6. The number of rotatable bonds is 11. The Labute approximate surface area is 190 Å². The minimum atomic E-state index is -1.15. The van der Waals surface area contributed by atoms with Crippen LogP contribution in [0.2, 0.25) is 0 Å². The van der Waals surface area contributed by atoms with Gasteiger partial charge >= 0.3 is 5.97 Å². The van der Waals surface area contributed by atoms with Crippen LogP contribution >= 0.6 is 0 Å². The monoisotopic (exact) mass is 451 g/mol. The topological polar surface area (TPSA) is 116 Å². The van der Waals surface area contributed by atoms with Crippen molar-refractivity contribution in [1.82, 2.24) is 15.0 Å². The van der Waals surface area contributed by atoms with Crippen molar-refractivity contribution in [2.45, 2.75) is 38.4 Å². The maximum Gasteiger partial charge on any atom is 0.378 e. The summed E-state index contributed by atoms with van der Waals surface area (Å²) in [7, 11) is 0. The van der Waals surface area contributed by atoms with E-state index in [9.17, 15) is 9.90 Å². The van der Waals surface area contributed by atoms with Crippen molar-refractivity contribution in [3.63, 3.8) is 0 Å². The summed E-state index contributed by atoms with van der Waals surface area (Å²) in [5.41, 5.74) is 2.37. The predicted molar refractivity (Wildman–Crippen MR) is 116 cm³/mol. The van der Waals surface area contributed by atoms with Crippen molar-refractivity contribution in [2.24, 2.45) is 0 Å². The van der Waals surface area contributed by atoms with Gasteiger partial charge in [0.2, 0.25) is 5.76 Å². The van der Waals surface area contributed by atoms with Crippen LogP contribution in [-0.2, 0) is 45.2 Å². The van der Waals surface area contributed by atoms with Gasteiger partial charge in [-0.15, -0.1) is 5.10 Å². The lowest BCUT2D eigenvalue weighted by Crippen LogP contribution is -2.33.